The van der Waals surface area contributed by atoms with Crippen LogP contribution in [-0.4, -0.2) is 81.8 Å². The summed E-state index contributed by atoms with van der Waals surface area (Å²) >= 11 is 0. The summed E-state index contributed by atoms with van der Waals surface area (Å²) in [5.41, 5.74) is 0.945. The van der Waals surface area contributed by atoms with Crippen LogP contribution in [0.1, 0.15) is 26.7 Å². The molecule has 1 aliphatic heterocycles. The third kappa shape index (κ3) is 4.44. The largest absolute Gasteiger partial charge is 0.477 e. The Morgan fingerprint density at radius 3 is 2.62 bits per heavy atom. The van der Waals surface area contributed by atoms with Crippen molar-refractivity contribution in [2.45, 2.75) is 38.1 Å². The van der Waals surface area contributed by atoms with Crippen LogP contribution in [0.25, 0.3) is 22.4 Å². The Hall–Kier alpha value is -2.83. The van der Waals surface area contributed by atoms with Crippen LogP contribution in [0.2, 0.25) is 0 Å². The molecule has 0 amide bonds. The highest BCUT2D eigenvalue weighted by atomic mass is 32.2. The van der Waals surface area contributed by atoms with E-state index in [-0.39, 0.29) is 16.3 Å². The Balaban J connectivity index is 1.90. The summed E-state index contributed by atoms with van der Waals surface area (Å²) in [7, 11) is -0.107. The van der Waals surface area contributed by atoms with E-state index in [1.807, 2.05) is 20.9 Å². The van der Waals surface area contributed by atoms with Gasteiger partial charge in [-0.2, -0.15) is 9.40 Å². The maximum atomic E-state index is 13.5. The molecule has 3 aromatic heterocycles. The van der Waals surface area contributed by atoms with Gasteiger partial charge in [-0.1, -0.05) is 6.92 Å². The predicted octanol–water partition coefficient (Wildman–Crippen LogP) is 1.33. The van der Waals surface area contributed by atoms with Gasteiger partial charge < -0.3 is 9.64 Å². The lowest BCUT2D eigenvalue weighted by atomic mass is 10.2. The van der Waals surface area contributed by atoms with Crippen molar-refractivity contribution < 1.29 is 13.2 Å². The van der Waals surface area contributed by atoms with Crippen molar-refractivity contribution in [1.82, 2.24) is 33.5 Å². The van der Waals surface area contributed by atoms with E-state index in [0.717, 1.165) is 13.0 Å². The fourth-order valence-electron chi connectivity index (χ4n) is 4.19. The minimum atomic E-state index is -3.79. The van der Waals surface area contributed by atoms with Crippen LogP contribution in [-0.2, 0) is 23.6 Å². The van der Waals surface area contributed by atoms with Gasteiger partial charge in [0.25, 0.3) is 5.56 Å². The van der Waals surface area contributed by atoms with Crippen LogP contribution in [0.3, 0.4) is 0 Å². The zero-order valence-electron chi connectivity index (χ0n) is 20.1. The van der Waals surface area contributed by atoms with Gasteiger partial charge in [0.2, 0.25) is 15.9 Å². The van der Waals surface area contributed by atoms with Crippen molar-refractivity contribution in [2.75, 3.05) is 39.8 Å². The number of sulfonamides is 1. The summed E-state index contributed by atoms with van der Waals surface area (Å²) in [6, 6.07) is 1.53. The first-order valence-corrected chi connectivity index (χ1v) is 13.0. The zero-order chi connectivity index (χ0) is 24.5. The van der Waals surface area contributed by atoms with Crippen molar-refractivity contribution in [3.8, 4) is 17.3 Å². The molecule has 1 aliphatic rings. The molecule has 0 aromatic carbocycles. The second kappa shape index (κ2) is 9.80. The summed E-state index contributed by atoms with van der Waals surface area (Å²) in [5.74, 6) is 0.549. The molecule has 0 N–H and O–H groups in total. The number of likely N-dealkylation sites (N-methyl/N-ethyl adjacent to an activating group) is 1. The number of aryl methyl sites for hydroxylation is 1. The van der Waals surface area contributed by atoms with E-state index >= 15 is 0 Å². The lowest BCUT2D eigenvalue weighted by Crippen LogP contribution is -2.34. The van der Waals surface area contributed by atoms with E-state index in [4.69, 9.17) is 9.72 Å². The second-order valence-electron chi connectivity index (χ2n) is 8.41. The van der Waals surface area contributed by atoms with Crippen molar-refractivity contribution in [3.05, 3.63) is 28.8 Å². The molecule has 12 heteroatoms. The van der Waals surface area contributed by atoms with Gasteiger partial charge in [-0.25, -0.2) is 18.4 Å². The number of aromatic nitrogens is 5. The number of fused-ring (bicyclic) bond motifs is 1. The van der Waals surface area contributed by atoms with Crippen LogP contribution in [0.4, 0.5) is 0 Å². The number of hydrogen-bond donors (Lipinski definition) is 0. The van der Waals surface area contributed by atoms with Crippen LogP contribution in [0, 0.1) is 0 Å². The highest BCUT2D eigenvalue weighted by Crippen LogP contribution is 2.31. The van der Waals surface area contributed by atoms with Crippen molar-refractivity contribution in [2.24, 2.45) is 7.05 Å². The Labute approximate surface area is 199 Å². The fourth-order valence-corrected chi connectivity index (χ4v) is 5.63. The lowest BCUT2D eigenvalue weighted by molar-refractivity contribution is 0.327. The Bertz CT molecular complexity index is 1350. The molecule has 0 radical (unpaired) electrons. The molecule has 34 heavy (non-hydrogen) atoms. The van der Waals surface area contributed by atoms with Crippen LogP contribution >= 0.6 is 0 Å². The molecule has 0 spiro atoms. The van der Waals surface area contributed by atoms with Gasteiger partial charge in [-0.15, -0.1) is 0 Å². The molecule has 0 aliphatic carbocycles. The topological polar surface area (TPSA) is 115 Å². The maximum Gasteiger partial charge on any atom is 0.279 e. The van der Waals surface area contributed by atoms with E-state index in [9.17, 15) is 13.2 Å². The molecule has 1 fully saturated rings. The quantitative estimate of drug-likeness (QED) is 0.488. The molecule has 0 saturated carbocycles. The molecule has 184 valence electrons. The first-order chi connectivity index (χ1) is 16.3. The van der Waals surface area contributed by atoms with Crippen molar-refractivity contribution in [3.63, 3.8) is 0 Å². The van der Waals surface area contributed by atoms with Crippen LogP contribution in [0.15, 0.2) is 28.2 Å². The second-order valence-corrected chi connectivity index (χ2v) is 10.3. The SMILES string of the molecule is CCCn1c(-c2cc(S(=O)(=O)N3CCCN(C)CC3)cnc2OCC)nc2cnn(C)c2c1=O. The molecule has 1 saturated heterocycles. The Kier molecular flexibility index (Phi) is 7.01. The summed E-state index contributed by atoms with van der Waals surface area (Å²) in [5, 5.41) is 4.17. The van der Waals surface area contributed by atoms with E-state index in [2.05, 4.69) is 15.0 Å². The van der Waals surface area contributed by atoms with E-state index < -0.39 is 10.0 Å². The fraction of sp³-hybridized carbons (Fsp3) is 0.545. The molecule has 11 nitrogen and oxygen atoms in total. The highest BCUT2D eigenvalue weighted by molar-refractivity contribution is 7.89. The molecule has 0 unspecified atom stereocenters. The number of pyridine rings is 1. The summed E-state index contributed by atoms with van der Waals surface area (Å²) in [6.07, 6.45) is 4.29. The third-order valence-corrected chi connectivity index (χ3v) is 7.82. The van der Waals surface area contributed by atoms with E-state index in [0.29, 0.717) is 61.6 Å². The highest BCUT2D eigenvalue weighted by Gasteiger charge is 2.29. The van der Waals surface area contributed by atoms with Crippen LogP contribution < -0.4 is 10.3 Å². The lowest BCUT2D eigenvalue weighted by Gasteiger charge is -2.21. The normalized spacial score (nSPS) is 16.1. The standard InChI is InChI=1S/C22H31N7O4S/c1-5-8-29-20(25-18-15-24-27(4)19(18)22(29)30)17-13-16(14-23-21(17)33-6-2)34(31,32)28-10-7-9-26(3)11-12-28/h13-15H,5-12H2,1-4H3. The van der Waals surface area contributed by atoms with Gasteiger partial charge in [0.15, 0.2) is 5.52 Å². The minimum Gasteiger partial charge on any atom is -0.477 e. The average Bonchev–Trinajstić information content (AvgIpc) is 3.03. The van der Waals surface area contributed by atoms with Crippen molar-refractivity contribution >= 4 is 21.1 Å². The predicted molar refractivity (Wildman–Crippen MR) is 128 cm³/mol. The van der Waals surface area contributed by atoms with Gasteiger partial charge in [0.1, 0.15) is 16.2 Å². The molecule has 0 bridgehead atoms. The number of nitrogens with zero attached hydrogens (tertiary/aromatic N) is 7. The number of rotatable bonds is 7. The smallest absolute Gasteiger partial charge is 0.279 e. The van der Waals surface area contributed by atoms with Gasteiger partial charge >= 0.3 is 0 Å². The first-order valence-electron chi connectivity index (χ1n) is 11.5. The molecular formula is C22H31N7O4S. The minimum absolute atomic E-state index is 0.0547. The van der Waals surface area contributed by atoms with E-state index in [1.54, 1.807) is 11.6 Å². The van der Waals surface area contributed by atoms with Gasteiger partial charge in [0, 0.05) is 33.2 Å². The van der Waals surface area contributed by atoms with Gasteiger partial charge in [-0.3, -0.25) is 14.0 Å². The third-order valence-electron chi connectivity index (χ3n) is 5.96. The first kappa shape index (κ1) is 24.3. The monoisotopic (exact) mass is 489 g/mol. The molecular weight excluding hydrogens is 458 g/mol. The van der Waals surface area contributed by atoms with E-state index in [1.165, 1.54) is 27.4 Å². The Morgan fingerprint density at radius 1 is 1.09 bits per heavy atom. The number of ether oxygens (including phenoxy) is 1. The zero-order valence-corrected chi connectivity index (χ0v) is 20.9. The molecule has 0 atom stereocenters. The van der Waals surface area contributed by atoms with Crippen molar-refractivity contribution in [1.29, 1.82) is 0 Å². The molecule has 4 rings (SSSR count). The summed E-state index contributed by atoms with van der Waals surface area (Å²) in [6.45, 7) is 6.87. The van der Waals surface area contributed by atoms with Gasteiger partial charge in [0.05, 0.1) is 24.6 Å². The average molecular weight is 490 g/mol. The molecule has 3 aromatic rings. The van der Waals surface area contributed by atoms with Gasteiger partial charge in [-0.05, 0) is 39.4 Å². The summed E-state index contributed by atoms with van der Waals surface area (Å²) in [4.78, 5) is 24.5. The maximum absolute atomic E-state index is 13.5. The molecule has 4 heterocycles. The number of hydrogen-bond acceptors (Lipinski definition) is 8. The van der Waals surface area contributed by atoms with Crippen LogP contribution in [0.5, 0.6) is 5.88 Å². The Morgan fingerprint density at radius 2 is 1.88 bits per heavy atom. The summed E-state index contributed by atoms with van der Waals surface area (Å²) < 4.78 is 37.3.